The lowest BCUT2D eigenvalue weighted by atomic mass is 9.67. The molecular weight excluding hydrogens is 263 g/mol. The molecule has 1 aromatic carbocycles. The number of halogens is 1. The van der Waals surface area contributed by atoms with Gasteiger partial charge in [0.15, 0.2) is 0 Å². The summed E-state index contributed by atoms with van der Waals surface area (Å²) in [6, 6.07) is 6.92. The molecule has 21 heavy (non-hydrogen) atoms. The summed E-state index contributed by atoms with van der Waals surface area (Å²) in [4.78, 5) is 2.38. The molecule has 1 aliphatic carbocycles. The van der Waals surface area contributed by atoms with Crippen molar-refractivity contribution in [3.63, 3.8) is 0 Å². The third kappa shape index (κ3) is 3.46. The van der Waals surface area contributed by atoms with Crippen LogP contribution in [0.3, 0.4) is 0 Å². The fraction of sp³-hybridized carbons (Fsp3) is 0.667. The van der Waals surface area contributed by atoms with E-state index in [0.29, 0.717) is 18.4 Å². The van der Waals surface area contributed by atoms with Crippen LogP contribution in [0.5, 0.6) is 0 Å². The molecule has 1 aromatic rings. The minimum atomic E-state index is -0.160. The van der Waals surface area contributed by atoms with E-state index in [1.165, 1.54) is 25.3 Å². The monoisotopic (exact) mass is 292 g/mol. The van der Waals surface area contributed by atoms with E-state index in [1.54, 1.807) is 12.1 Å². The molecule has 0 aromatic heterocycles. The molecule has 2 rings (SSSR count). The van der Waals surface area contributed by atoms with Crippen molar-refractivity contribution in [1.82, 2.24) is 4.90 Å². The van der Waals surface area contributed by atoms with E-state index in [2.05, 4.69) is 25.8 Å². The van der Waals surface area contributed by atoms with Gasteiger partial charge in [0.2, 0.25) is 0 Å². The van der Waals surface area contributed by atoms with E-state index in [0.717, 1.165) is 18.5 Å². The number of likely N-dealkylation sites (N-methyl/N-ethyl adjacent to an activating group) is 1. The number of hydrogen-bond donors (Lipinski definition) is 1. The Morgan fingerprint density at radius 2 is 2.14 bits per heavy atom. The first kappa shape index (κ1) is 16.4. The lowest BCUT2D eigenvalue weighted by molar-refractivity contribution is -0.00187. The Hall–Kier alpha value is -0.930. The summed E-state index contributed by atoms with van der Waals surface area (Å²) in [5.74, 6) is 1.09. The Morgan fingerprint density at radius 3 is 2.76 bits per heavy atom. The van der Waals surface area contributed by atoms with Crippen molar-refractivity contribution >= 4 is 0 Å². The van der Waals surface area contributed by atoms with Gasteiger partial charge in [-0.25, -0.2) is 4.39 Å². The fourth-order valence-electron chi connectivity index (χ4n) is 4.15. The molecule has 0 heterocycles. The topological polar surface area (TPSA) is 29.3 Å². The lowest BCUT2D eigenvalue weighted by Gasteiger charge is -2.51. The molecule has 2 atom stereocenters. The molecular formula is C18H29FN2. The minimum absolute atomic E-state index is 0.0543. The van der Waals surface area contributed by atoms with Gasteiger partial charge in [-0.15, -0.1) is 0 Å². The Bertz CT molecular complexity index is 460. The normalized spacial score (nSPS) is 26.5. The van der Waals surface area contributed by atoms with Crippen molar-refractivity contribution in [2.24, 2.45) is 17.6 Å². The van der Waals surface area contributed by atoms with Crippen LogP contribution in [0.25, 0.3) is 0 Å². The van der Waals surface area contributed by atoms with Crippen LogP contribution >= 0.6 is 0 Å². The second kappa shape index (κ2) is 6.89. The van der Waals surface area contributed by atoms with Gasteiger partial charge in [-0.1, -0.05) is 38.8 Å². The maximum atomic E-state index is 13.4. The third-order valence-electron chi connectivity index (χ3n) is 5.29. The van der Waals surface area contributed by atoms with Gasteiger partial charge in [-0.2, -0.15) is 0 Å². The lowest BCUT2D eigenvalue weighted by Crippen LogP contribution is -2.59. The van der Waals surface area contributed by atoms with Crippen LogP contribution in [0.4, 0.5) is 4.39 Å². The largest absolute Gasteiger partial charge is 0.329 e. The van der Waals surface area contributed by atoms with Gasteiger partial charge >= 0.3 is 0 Å². The van der Waals surface area contributed by atoms with Crippen molar-refractivity contribution in [1.29, 1.82) is 0 Å². The quantitative estimate of drug-likeness (QED) is 0.894. The van der Waals surface area contributed by atoms with E-state index in [1.807, 2.05) is 6.07 Å². The molecule has 2 unspecified atom stereocenters. The second-order valence-corrected chi connectivity index (χ2v) is 6.89. The molecule has 118 valence electrons. The highest BCUT2D eigenvalue weighted by molar-refractivity contribution is 5.17. The van der Waals surface area contributed by atoms with Crippen LogP contribution in [0.2, 0.25) is 0 Å². The summed E-state index contributed by atoms with van der Waals surface area (Å²) >= 11 is 0. The zero-order valence-corrected chi connectivity index (χ0v) is 13.6. The highest BCUT2D eigenvalue weighted by Gasteiger charge is 2.43. The van der Waals surface area contributed by atoms with Crippen LogP contribution in [-0.4, -0.2) is 24.0 Å². The fourth-order valence-corrected chi connectivity index (χ4v) is 4.15. The smallest absolute Gasteiger partial charge is 0.123 e. The Labute approximate surface area is 128 Å². The highest BCUT2D eigenvalue weighted by atomic mass is 19.1. The molecule has 0 saturated heterocycles. The van der Waals surface area contributed by atoms with Crippen molar-refractivity contribution in [3.8, 4) is 0 Å². The molecule has 3 heteroatoms. The van der Waals surface area contributed by atoms with Crippen LogP contribution in [0.1, 0.15) is 45.1 Å². The first-order valence-electron chi connectivity index (χ1n) is 8.15. The molecule has 1 aliphatic rings. The van der Waals surface area contributed by atoms with E-state index in [4.69, 9.17) is 5.73 Å². The molecule has 2 nitrogen and oxygen atoms in total. The summed E-state index contributed by atoms with van der Waals surface area (Å²) in [5, 5.41) is 0. The summed E-state index contributed by atoms with van der Waals surface area (Å²) < 4.78 is 13.4. The molecule has 0 spiro atoms. The average Bonchev–Trinajstić information content (AvgIpc) is 2.46. The maximum absolute atomic E-state index is 13.4. The minimum Gasteiger partial charge on any atom is -0.329 e. The molecule has 1 saturated carbocycles. The van der Waals surface area contributed by atoms with Gasteiger partial charge in [-0.05, 0) is 49.4 Å². The van der Waals surface area contributed by atoms with Crippen LogP contribution in [-0.2, 0) is 6.54 Å². The van der Waals surface area contributed by atoms with Crippen molar-refractivity contribution < 1.29 is 4.39 Å². The van der Waals surface area contributed by atoms with E-state index >= 15 is 0 Å². The van der Waals surface area contributed by atoms with Gasteiger partial charge in [0.05, 0.1) is 0 Å². The first-order chi connectivity index (χ1) is 9.99. The summed E-state index contributed by atoms with van der Waals surface area (Å²) in [6.45, 7) is 6.05. The second-order valence-electron chi connectivity index (χ2n) is 6.89. The summed E-state index contributed by atoms with van der Waals surface area (Å²) in [7, 11) is 2.15. The molecule has 2 N–H and O–H groups in total. The number of nitrogens with two attached hydrogens (primary N) is 1. The van der Waals surface area contributed by atoms with Gasteiger partial charge in [0.1, 0.15) is 5.82 Å². The van der Waals surface area contributed by atoms with Crippen molar-refractivity contribution in [3.05, 3.63) is 35.6 Å². The predicted molar refractivity (Wildman–Crippen MR) is 86.4 cm³/mol. The molecule has 1 fully saturated rings. The van der Waals surface area contributed by atoms with Gasteiger partial charge < -0.3 is 5.73 Å². The van der Waals surface area contributed by atoms with E-state index in [9.17, 15) is 4.39 Å². The van der Waals surface area contributed by atoms with Crippen LogP contribution in [0.15, 0.2) is 24.3 Å². The highest BCUT2D eigenvalue weighted by Crippen LogP contribution is 2.41. The van der Waals surface area contributed by atoms with E-state index < -0.39 is 0 Å². The number of nitrogens with zero attached hydrogens (tertiary/aromatic N) is 1. The maximum Gasteiger partial charge on any atom is 0.123 e. The van der Waals surface area contributed by atoms with Gasteiger partial charge in [-0.3, -0.25) is 4.90 Å². The zero-order chi connectivity index (χ0) is 15.5. The predicted octanol–water partition coefficient (Wildman–Crippen LogP) is 3.80. The summed E-state index contributed by atoms with van der Waals surface area (Å²) in [5.41, 5.74) is 7.32. The Morgan fingerprint density at radius 1 is 1.38 bits per heavy atom. The molecule has 0 bridgehead atoms. The average molecular weight is 292 g/mol. The summed E-state index contributed by atoms with van der Waals surface area (Å²) in [6.07, 6.45) is 4.95. The van der Waals surface area contributed by atoms with Crippen molar-refractivity contribution in [2.75, 3.05) is 13.6 Å². The SMILES string of the molecule is CC(C)C1CCCCC1(CN)N(C)Cc1cccc(F)c1. The van der Waals surface area contributed by atoms with Gasteiger partial charge in [0, 0.05) is 18.6 Å². The zero-order valence-electron chi connectivity index (χ0n) is 13.6. The molecule has 0 amide bonds. The van der Waals surface area contributed by atoms with Gasteiger partial charge in [0.25, 0.3) is 0 Å². The Balaban J connectivity index is 2.21. The van der Waals surface area contributed by atoms with Crippen LogP contribution in [0, 0.1) is 17.7 Å². The van der Waals surface area contributed by atoms with E-state index in [-0.39, 0.29) is 11.4 Å². The van der Waals surface area contributed by atoms with Crippen molar-refractivity contribution in [2.45, 2.75) is 51.6 Å². The molecule has 0 aliphatic heterocycles. The first-order valence-corrected chi connectivity index (χ1v) is 8.15. The van der Waals surface area contributed by atoms with Crippen LogP contribution < -0.4 is 5.73 Å². The molecule has 0 radical (unpaired) electrons. The number of benzene rings is 1. The Kier molecular flexibility index (Phi) is 5.39. The number of hydrogen-bond acceptors (Lipinski definition) is 2. The number of rotatable bonds is 5. The third-order valence-corrected chi connectivity index (χ3v) is 5.29. The standard InChI is InChI=1S/C18H29FN2/c1-14(2)17-9-4-5-10-18(17,13-20)21(3)12-15-7-6-8-16(19)11-15/h6-8,11,14,17H,4-5,9-10,12-13,20H2,1-3H3.